The Morgan fingerprint density at radius 3 is 2.42 bits per heavy atom. The number of pyridine rings is 1. The summed E-state index contributed by atoms with van der Waals surface area (Å²) in [5, 5.41) is 11.2. The van der Waals surface area contributed by atoms with E-state index in [0.717, 1.165) is 11.6 Å². The topological polar surface area (TPSA) is 128 Å². The average molecular weight is 351 g/mol. The van der Waals surface area contributed by atoms with Gasteiger partial charge < -0.3 is 15.3 Å². The van der Waals surface area contributed by atoms with Crippen molar-refractivity contribution in [1.29, 1.82) is 0 Å². The number of aromatic nitrogens is 1. The van der Waals surface area contributed by atoms with Crippen LogP contribution >= 0.6 is 0 Å². The van der Waals surface area contributed by atoms with Crippen molar-refractivity contribution in [2.45, 2.75) is 6.61 Å². The number of nitrogens with two attached hydrogens (primary N) is 1. The third-order valence-corrected chi connectivity index (χ3v) is 4.18. The number of nitrogens with one attached hydrogen (secondary N) is 1. The fraction of sp³-hybridized carbons (Fsp3) is 0.0556. The van der Waals surface area contributed by atoms with Crippen molar-refractivity contribution < 1.29 is 19.1 Å². The first-order valence-electron chi connectivity index (χ1n) is 7.71. The normalized spacial score (nSPS) is 13.0. The SMILES string of the molecule is Nc1c2c(cc(=O)n1-c1ccc(-c3ccc(CO)o3)cc1)C(=O)NC2=O. The van der Waals surface area contributed by atoms with Gasteiger partial charge in [-0.2, -0.15) is 0 Å². The number of hydrogen-bond donors (Lipinski definition) is 3. The van der Waals surface area contributed by atoms with Crippen molar-refractivity contribution in [3.8, 4) is 17.0 Å². The van der Waals surface area contributed by atoms with E-state index in [1.54, 1.807) is 36.4 Å². The highest BCUT2D eigenvalue weighted by Crippen LogP contribution is 2.26. The van der Waals surface area contributed by atoms with E-state index < -0.39 is 17.4 Å². The van der Waals surface area contributed by atoms with Gasteiger partial charge in [0.25, 0.3) is 17.4 Å². The quantitative estimate of drug-likeness (QED) is 0.605. The van der Waals surface area contributed by atoms with Crippen LogP contribution in [0.1, 0.15) is 26.5 Å². The third kappa shape index (κ3) is 2.32. The molecule has 0 saturated heterocycles. The maximum absolute atomic E-state index is 12.4. The fourth-order valence-electron chi connectivity index (χ4n) is 2.94. The van der Waals surface area contributed by atoms with Crippen LogP contribution in [-0.4, -0.2) is 21.5 Å². The summed E-state index contributed by atoms with van der Waals surface area (Å²) in [5.41, 5.74) is 6.65. The number of rotatable bonds is 3. The molecule has 0 atom stereocenters. The summed E-state index contributed by atoms with van der Waals surface area (Å²) in [7, 11) is 0. The van der Waals surface area contributed by atoms with Crippen LogP contribution in [0.5, 0.6) is 0 Å². The Morgan fingerprint density at radius 1 is 1.04 bits per heavy atom. The van der Waals surface area contributed by atoms with Gasteiger partial charge in [0.1, 0.15) is 23.9 Å². The molecule has 2 amide bonds. The molecule has 8 nitrogen and oxygen atoms in total. The molecule has 3 heterocycles. The molecule has 0 saturated carbocycles. The summed E-state index contributed by atoms with van der Waals surface area (Å²) in [6.07, 6.45) is 0. The summed E-state index contributed by atoms with van der Waals surface area (Å²) < 4.78 is 6.63. The average Bonchev–Trinajstić information content (AvgIpc) is 3.20. The highest BCUT2D eigenvalue weighted by atomic mass is 16.4. The number of furan rings is 1. The van der Waals surface area contributed by atoms with E-state index >= 15 is 0 Å². The molecule has 3 aromatic rings. The lowest BCUT2D eigenvalue weighted by atomic mass is 10.1. The van der Waals surface area contributed by atoms with Crippen LogP contribution in [0.3, 0.4) is 0 Å². The van der Waals surface area contributed by atoms with Gasteiger partial charge in [-0.15, -0.1) is 0 Å². The molecule has 0 fully saturated rings. The second-order valence-corrected chi connectivity index (χ2v) is 5.75. The van der Waals surface area contributed by atoms with Gasteiger partial charge in [-0.3, -0.25) is 24.3 Å². The van der Waals surface area contributed by atoms with Crippen LogP contribution in [0.4, 0.5) is 5.82 Å². The molecule has 130 valence electrons. The molecule has 0 radical (unpaired) electrons. The number of nitrogen functional groups attached to an aromatic ring is 1. The molecular formula is C18H13N3O5. The first-order valence-corrected chi connectivity index (χ1v) is 7.71. The lowest BCUT2D eigenvalue weighted by molar-refractivity contribution is 0.0880. The zero-order valence-electron chi connectivity index (χ0n) is 13.4. The Kier molecular flexibility index (Phi) is 3.48. The van der Waals surface area contributed by atoms with Crippen molar-refractivity contribution in [1.82, 2.24) is 9.88 Å². The molecule has 4 N–H and O–H groups in total. The second kappa shape index (κ2) is 5.71. The fourth-order valence-corrected chi connectivity index (χ4v) is 2.94. The van der Waals surface area contributed by atoms with Gasteiger partial charge in [-0.25, -0.2) is 0 Å². The van der Waals surface area contributed by atoms with Crippen molar-refractivity contribution >= 4 is 17.6 Å². The number of aliphatic hydroxyl groups is 1. The number of carbonyl (C=O) groups excluding carboxylic acids is 2. The molecule has 0 bridgehead atoms. The van der Waals surface area contributed by atoms with Crippen LogP contribution in [0.25, 0.3) is 17.0 Å². The zero-order chi connectivity index (χ0) is 18.4. The minimum atomic E-state index is -0.631. The number of hydrogen-bond acceptors (Lipinski definition) is 6. The van der Waals surface area contributed by atoms with Gasteiger partial charge >= 0.3 is 0 Å². The lowest BCUT2D eigenvalue weighted by Gasteiger charge is -2.12. The minimum Gasteiger partial charge on any atom is -0.459 e. The number of anilines is 1. The van der Waals surface area contributed by atoms with E-state index in [-0.39, 0.29) is 23.6 Å². The van der Waals surface area contributed by atoms with Crippen molar-refractivity contribution in [2.75, 3.05) is 5.73 Å². The molecule has 0 spiro atoms. The molecule has 8 heteroatoms. The number of nitrogens with zero attached hydrogens (tertiary/aromatic N) is 1. The monoisotopic (exact) mass is 351 g/mol. The van der Waals surface area contributed by atoms with Crippen LogP contribution in [0, 0.1) is 0 Å². The molecule has 26 heavy (non-hydrogen) atoms. The zero-order valence-corrected chi connectivity index (χ0v) is 13.4. The Morgan fingerprint density at radius 2 is 1.77 bits per heavy atom. The second-order valence-electron chi connectivity index (χ2n) is 5.75. The molecule has 0 unspecified atom stereocenters. The highest BCUT2D eigenvalue weighted by molar-refractivity contribution is 6.23. The smallest absolute Gasteiger partial charge is 0.262 e. The van der Waals surface area contributed by atoms with E-state index in [4.69, 9.17) is 15.3 Å². The molecule has 4 rings (SSSR count). The van der Waals surface area contributed by atoms with E-state index in [2.05, 4.69) is 5.32 Å². The number of imide groups is 1. The number of amides is 2. The molecule has 2 aromatic heterocycles. The molecular weight excluding hydrogens is 338 g/mol. The van der Waals surface area contributed by atoms with E-state index in [1.807, 2.05) is 0 Å². The Bertz CT molecular complexity index is 1110. The summed E-state index contributed by atoms with van der Waals surface area (Å²) in [6.45, 7) is -0.195. The lowest BCUT2D eigenvalue weighted by Crippen LogP contribution is -2.24. The Hall–Kier alpha value is -3.65. The first kappa shape index (κ1) is 15.9. The number of fused-ring (bicyclic) bond motifs is 1. The first-order chi connectivity index (χ1) is 12.5. The van der Waals surface area contributed by atoms with Gasteiger partial charge in [-0.1, -0.05) is 0 Å². The van der Waals surface area contributed by atoms with E-state index in [9.17, 15) is 14.4 Å². The van der Waals surface area contributed by atoms with Gasteiger partial charge in [0.15, 0.2) is 0 Å². The molecule has 1 aliphatic heterocycles. The Balaban J connectivity index is 1.79. The standard InChI is InChI=1S/C18H13N3O5/c19-16-15-12(17(24)20-18(15)25)7-14(23)21(16)10-3-1-9(2-4-10)13-6-5-11(8-22)26-13/h1-7,22H,8,19H2,(H,20,24,25). The molecule has 0 aliphatic carbocycles. The van der Waals surface area contributed by atoms with E-state index in [1.165, 1.54) is 4.57 Å². The summed E-state index contributed by atoms with van der Waals surface area (Å²) in [4.78, 5) is 36.0. The Labute approximate surface area is 146 Å². The maximum atomic E-state index is 12.4. The van der Waals surface area contributed by atoms with E-state index in [0.29, 0.717) is 17.2 Å². The van der Waals surface area contributed by atoms with Gasteiger partial charge in [-0.05, 0) is 36.4 Å². The van der Waals surface area contributed by atoms with Crippen LogP contribution in [-0.2, 0) is 6.61 Å². The van der Waals surface area contributed by atoms with Crippen LogP contribution in [0.15, 0.2) is 51.7 Å². The predicted octanol–water partition coefficient (Wildman–Crippen LogP) is 1.06. The van der Waals surface area contributed by atoms with Crippen molar-refractivity contribution in [2.24, 2.45) is 0 Å². The number of carbonyl (C=O) groups is 2. The maximum Gasteiger partial charge on any atom is 0.262 e. The highest BCUT2D eigenvalue weighted by Gasteiger charge is 2.31. The summed E-state index contributed by atoms with van der Waals surface area (Å²) in [6, 6.07) is 11.2. The van der Waals surface area contributed by atoms with Crippen LogP contribution in [0.2, 0.25) is 0 Å². The largest absolute Gasteiger partial charge is 0.459 e. The van der Waals surface area contributed by atoms with Crippen molar-refractivity contribution in [3.63, 3.8) is 0 Å². The molecule has 1 aromatic carbocycles. The van der Waals surface area contributed by atoms with Gasteiger partial charge in [0.05, 0.1) is 16.8 Å². The summed E-state index contributed by atoms with van der Waals surface area (Å²) in [5.74, 6) is -0.336. The van der Waals surface area contributed by atoms with Crippen LogP contribution < -0.4 is 16.6 Å². The van der Waals surface area contributed by atoms with Gasteiger partial charge in [0, 0.05) is 11.6 Å². The summed E-state index contributed by atoms with van der Waals surface area (Å²) >= 11 is 0. The number of benzene rings is 1. The predicted molar refractivity (Wildman–Crippen MR) is 91.9 cm³/mol. The minimum absolute atomic E-state index is 0.00250. The number of aliphatic hydroxyl groups excluding tert-OH is 1. The van der Waals surface area contributed by atoms with Gasteiger partial charge in [0.2, 0.25) is 0 Å². The van der Waals surface area contributed by atoms with Crippen molar-refractivity contribution in [3.05, 3.63) is 69.7 Å². The third-order valence-electron chi connectivity index (χ3n) is 4.18. The molecule has 1 aliphatic rings.